The van der Waals surface area contributed by atoms with Crippen LogP contribution < -0.4 is 4.74 Å². The lowest BCUT2D eigenvalue weighted by molar-refractivity contribution is -0.128. The van der Waals surface area contributed by atoms with Gasteiger partial charge in [-0.3, -0.25) is 14.8 Å². The number of pyridine rings is 1. The fourth-order valence-corrected chi connectivity index (χ4v) is 3.51. The molecule has 0 N–H and O–H groups in total. The highest BCUT2D eigenvalue weighted by Gasteiger charge is 2.07. The summed E-state index contributed by atoms with van der Waals surface area (Å²) in [7, 11) is 0. The summed E-state index contributed by atoms with van der Waals surface area (Å²) in [4.78, 5) is 26.4. The lowest BCUT2D eigenvalue weighted by Gasteiger charge is -2.18. The molecule has 0 saturated heterocycles. The standard InChI is InChI=1S/C22H24N4O2S/c1-4-26(17(3)27)11-12-29-22-15-23-14-21(25-22)28-19-8-6-18(7-9-19)20-10-5-16(2)13-24-20/h5-10,13-15H,4,11-12H2,1-3H3. The Bertz CT molecular complexity index is 946. The number of benzene rings is 1. The van der Waals surface area contributed by atoms with Crippen molar-refractivity contribution in [1.82, 2.24) is 19.9 Å². The molecule has 2 aromatic heterocycles. The van der Waals surface area contributed by atoms with Gasteiger partial charge in [0.1, 0.15) is 10.8 Å². The van der Waals surface area contributed by atoms with E-state index in [1.165, 1.54) is 0 Å². The second kappa shape index (κ2) is 10.0. The largest absolute Gasteiger partial charge is 0.437 e. The number of amides is 1. The predicted octanol–water partition coefficient (Wildman–Crippen LogP) is 4.60. The molecule has 7 heteroatoms. The number of carbonyl (C=O) groups excluding carboxylic acids is 1. The highest BCUT2D eigenvalue weighted by Crippen LogP contribution is 2.25. The molecule has 0 bridgehead atoms. The van der Waals surface area contributed by atoms with Crippen LogP contribution >= 0.6 is 11.8 Å². The van der Waals surface area contributed by atoms with Crippen LogP contribution in [0.3, 0.4) is 0 Å². The fourth-order valence-electron chi connectivity index (χ4n) is 2.70. The topological polar surface area (TPSA) is 68.2 Å². The summed E-state index contributed by atoms with van der Waals surface area (Å²) in [6, 6.07) is 11.8. The number of carbonyl (C=O) groups is 1. The molecule has 3 rings (SSSR count). The zero-order chi connectivity index (χ0) is 20.6. The van der Waals surface area contributed by atoms with Gasteiger partial charge in [-0.15, -0.1) is 11.8 Å². The SMILES string of the molecule is CCN(CCSc1cncc(Oc2ccc(-c3ccc(C)cn3)cc2)n1)C(C)=O. The highest BCUT2D eigenvalue weighted by atomic mass is 32.2. The van der Waals surface area contributed by atoms with E-state index in [0.29, 0.717) is 24.7 Å². The van der Waals surface area contributed by atoms with Gasteiger partial charge in [-0.05, 0) is 49.7 Å². The molecule has 29 heavy (non-hydrogen) atoms. The minimum Gasteiger partial charge on any atom is -0.437 e. The van der Waals surface area contributed by atoms with Crippen LogP contribution in [0.4, 0.5) is 0 Å². The van der Waals surface area contributed by atoms with Crippen molar-refractivity contribution in [3.8, 4) is 22.9 Å². The number of aromatic nitrogens is 3. The third kappa shape index (κ3) is 6.02. The molecular weight excluding hydrogens is 384 g/mol. The number of ether oxygens (including phenoxy) is 1. The lowest BCUT2D eigenvalue weighted by Crippen LogP contribution is -2.30. The van der Waals surface area contributed by atoms with E-state index in [9.17, 15) is 4.79 Å². The van der Waals surface area contributed by atoms with E-state index in [0.717, 1.165) is 27.6 Å². The lowest BCUT2D eigenvalue weighted by atomic mass is 10.1. The molecule has 2 heterocycles. The quantitative estimate of drug-likeness (QED) is 0.508. The van der Waals surface area contributed by atoms with Crippen LogP contribution in [0.1, 0.15) is 19.4 Å². The second-order valence-corrected chi connectivity index (χ2v) is 7.61. The molecule has 6 nitrogen and oxygen atoms in total. The predicted molar refractivity (Wildman–Crippen MR) is 115 cm³/mol. The molecule has 0 unspecified atom stereocenters. The summed E-state index contributed by atoms with van der Waals surface area (Å²) in [6.07, 6.45) is 5.15. The maximum Gasteiger partial charge on any atom is 0.238 e. The van der Waals surface area contributed by atoms with Crippen molar-refractivity contribution in [3.05, 3.63) is 60.6 Å². The molecule has 3 aromatic rings. The van der Waals surface area contributed by atoms with Crippen molar-refractivity contribution in [3.63, 3.8) is 0 Å². The number of nitrogens with zero attached hydrogens (tertiary/aromatic N) is 4. The Labute approximate surface area is 175 Å². The summed E-state index contributed by atoms with van der Waals surface area (Å²) in [5, 5.41) is 0.766. The summed E-state index contributed by atoms with van der Waals surface area (Å²) in [5.74, 6) is 1.96. The maximum atomic E-state index is 11.5. The van der Waals surface area contributed by atoms with E-state index >= 15 is 0 Å². The minimum atomic E-state index is 0.0838. The maximum absolute atomic E-state index is 11.5. The van der Waals surface area contributed by atoms with Crippen LogP contribution in [0.5, 0.6) is 11.6 Å². The van der Waals surface area contributed by atoms with Gasteiger partial charge in [-0.25, -0.2) is 4.98 Å². The molecule has 0 aliphatic rings. The summed E-state index contributed by atoms with van der Waals surface area (Å²) in [6.45, 7) is 6.96. The van der Waals surface area contributed by atoms with Crippen LogP contribution in [0.25, 0.3) is 11.3 Å². The van der Waals surface area contributed by atoms with Gasteiger partial charge in [0.05, 0.1) is 18.1 Å². The van der Waals surface area contributed by atoms with E-state index in [1.807, 2.05) is 56.4 Å². The Balaban J connectivity index is 1.59. The number of thioether (sulfide) groups is 1. The van der Waals surface area contributed by atoms with Crippen LogP contribution in [-0.4, -0.2) is 44.6 Å². The van der Waals surface area contributed by atoms with Crippen molar-refractivity contribution in [1.29, 1.82) is 0 Å². The summed E-state index contributed by atoms with van der Waals surface area (Å²) < 4.78 is 5.84. The number of rotatable bonds is 8. The van der Waals surface area contributed by atoms with E-state index in [2.05, 4.69) is 15.0 Å². The van der Waals surface area contributed by atoms with E-state index in [-0.39, 0.29) is 5.91 Å². The first-order chi connectivity index (χ1) is 14.0. The Morgan fingerprint density at radius 2 is 1.90 bits per heavy atom. The average Bonchev–Trinajstić information content (AvgIpc) is 2.72. The molecule has 1 aromatic carbocycles. The van der Waals surface area contributed by atoms with Gasteiger partial charge in [-0.1, -0.05) is 6.07 Å². The van der Waals surface area contributed by atoms with Crippen molar-refractivity contribution < 1.29 is 9.53 Å². The molecule has 0 spiro atoms. The van der Waals surface area contributed by atoms with Gasteiger partial charge >= 0.3 is 0 Å². The summed E-state index contributed by atoms with van der Waals surface area (Å²) >= 11 is 1.55. The van der Waals surface area contributed by atoms with Crippen LogP contribution in [0.2, 0.25) is 0 Å². The van der Waals surface area contributed by atoms with Gasteiger partial charge in [0.25, 0.3) is 0 Å². The molecule has 0 radical (unpaired) electrons. The first-order valence-corrected chi connectivity index (χ1v) is 10.4. The smallest absolute Gasteiger partial charge is 0.238 e. The van der Waals surface area contributed by atoms with Crippen molar-refractivity contribution in [2.75, 3.05) is 18.8 Å². The van der Waals surface area contributed by atoms with Crippen molar-refractivity contribution in [2.24, 2.45) is 0 Å². The van der Waals surface area contributed by atoms with Gasteiger partial charge < -0.3 is 9.64 Å². The zero-order valence-electron chi connectivity index (χ0n) is 16.8. The third-order valence-corrected chi connectivity index (χ3v) is 5.19. The highest BCUT2D eigenvalue weighted by molar-refractivity contribution is 7.99. The summed E-state index contributed by atoms with van der Waals surface area (Å²) in [5.41, 5.74) is 3.08. The zero-order valence-corrected chi connectivity index (χ0v) is 17.6. The average molecular weight is 409 g/mol. The van der Waals surface area contributed by atoms with Crippen molar-refractivity contribution in [2.45, 2.75) is 25.8 Å². The van der Waals surface area contributed by atoms with E-state index in [4.69, 9.17) is 4.74 Å². The molecule has 0 saturated carbocycles. The first-order valence-electron chi connectivity index (χ1n) is 9.46. The third-order valence-electron chi connectivity index (χ3n) is 4.31. The Morgan fingerprint density at radius 3 is 2.55 bits per heavy atom. The number of hydrogen-bond acceptors (Lipinski definition) is 6. The van der Waals surface area contributed by atoms with Gasteiger partial charge in [0, 0.05) is 37.5 Å². The fraction of sp³-hybridized carbons (Fsp3) is 0.273. The normalized spacial score (nSPS) is 10.6. The molecule has 0 aliphatic heterocycles. The Morgan fingerprint density at radius 1 is 1.10 bits per heavy atom. The molecule has 0 aliphatic carbocycles. The monoisotopic (exact) mass is 408 g/mol. The molecule has 0 atom stereocenters. The number of hydrogen-bond donors (Lipinski definition) is 0. The molecular formula is C22H24N4O2S. The van der Waals surface area contributed by atoms with Crippen LogP contribution in [0.15, 0.2) is 60.0 Å². The van der Waals surface area contributed by atoms with Crippen LogP contribution in [-0.2, 0) is 4.79 Å². The minimum absolute atomic E-state index is 0.0838. The van der Waals surface area contributed by atoms with Gasteiger partial charge in [-0.2, -0.15) is 0 Å². The van der Waals surface area contributed by atoms with Crippen molar-refractivity contribution >= 4 is 17.7 Å². The Kier molecular flexibility index (Phi) is 7.19. The van der Waals surface area contributed by atoms with E-state index < -0.39 is 0 Å². The molecule has 150 valence electrons. The van der Waals surface area contributed by atoms with Crippen LogP contribution in [0, 0.1) is 6.92 Å². The second-order valence-electron chi connectivity index (χ2n) is 6.49. The molecule has 1 amide bonds. The van der Waals surface area contributed by atoms with Gasteiger partial charge in [0.2, 0.25) is 11.8 Å². The van der Waals surface area contributed by atoms with Gasteiger partial charge in [0.15, 0.2) is 0 Å². The number of aryl methyl sites for hydroxylation is 1. The molecule has 0 fully saturated rings. The first kappa shape index (κ1) is 20.8. The van der Waals surface area contributed by atoms with E-state index in [1.54, 1.807) is 36.0 Å². The Hall–Kier alpha value is -2.93.